The van der Waals surface area contributed by atoms with E-state index < -0.39 is 0 Å². The quantitative estimate of drug-likeness (QED) is 0.788. The van der Waals surface area contributed by atoms with Crippen LogP contribution in [0.4, 0.5) is 0 Å². The molecular formula is C20H31N. The van der Waals surface area contributed by atoms with Gasteiger partial charge in [-0.25, -0.2) is 0 Å². The molecule has 1 N–H and O–H groups in total. The van der Waals surface area contributed by atoms with Crippen molar-refractivity contribution in [2.75, 3.05) is 0 Å². The average Bonchev–Trinajstić information content (AvgIpc) is 2.51. The summed E-state index contributed by atoms with van der Waals surface area (Å²) in [5, 5.41) is 4.02. The molecule has 0 amide bonds. The Morgan fingerprint density at radius 1 is 1.14 bits per heavy atom. The minimum absolute atomic E-state index is 0.341. The maximum Gasteiger partial charge on any atom is 0.0325 e. The third kappa shape index (κ3) is 3.18. The second-order valence-corrected chi connectivity index (χ2v) is 7.87. The Kier molecular flexibility index (Phi) is 4.40. The lowest BCUT2D eigenvalue weighted by Crippen LogP contribution is -2.40. The van der Waals surface area contributed by atoms with Gasteiger partial charge in [0, 0.05) is 12.1 Å². The highest BCUT2D eigenvalue weighted by molar-refractivity contribution is 5.38. The number of benzene rings is 1. The average molecular weight is 285 g/mol. The fraction of sp³-hybridized carbons (Fsp3) is 0.700. The molecule has 116 valence electrons. The summed E-state index contributed by atoms with van der Waals surface area (Å²) in [4.78, 5) is 0. The van der Waals surface area contributed by atoms with Gasteiger partial charge in [0.1, 0.15) is 0 Å². The second-order valence-electron chi connectivity index (χ2n) is 7.87. The van der Waals surface area contributed by atoms with E-state index in [1.165, 1.54) is 44.9 Å². The van der Waals surface area contributed by atoms with Crippen LogP contribution in [0, 0.1) is 5.92 Å². The SMILES string of the molecule is CCC1CCCC(NC2CCC(C)(C)c3ccccc32)C1. The highest BCUT2D eigenvalue weighted by Crippen LogP contribution is 2.42. The molecule has 2 aliphatic rings. The van der Waals surface area contributed by atoms with Gasteiger partial charge in [-0.2, -0.15) is 0 Å². The van der Waals surface area contributed by atoms with Crippen LogP contribution in [0.25, 0.3) is 0 Å². The van der Waals surface area contributed by atoms with Gasteiger partial charge in [-0.3, -0.25) is 0 Å². The van der Waals surface area contributed by atoms with Crippen LogP contribution in [0.3, 0.4) is 0 Å². The van der Waals surface area contributed by atoms with Crippen molar-refractivity contribution in [3.63, 3.8) is 0 Å². The molecule has 0 radical (unpaired) electrons. The molecule has 1 saturated carbocycles. The summed E-state index contributed by atoms with van der Waals surface area (Å²) < 4.78 is 0. The van der Waals surface area contributed by atoms with Gasteiger partial charge >= 0.3 is 0 Å². The molecule has 0 spiro atoms. The predicted molar refractivity (Wildman–Crippen MR) is 90.6 cm³/mol. The molecular weight excluding hydrogens is 254 g/mol. The number of hydrogen-bond donors (Lipinski definition) is 1. The Balaban J connectivity index is 1.75. The number of nitrogens with one attached hydrogen (secondary N) is 1. The Bertz CT molecular complexity index is 476. The fourth-order valence-electron chi connectivity index (χ4n) is 4.48. The van der Waals surface area contributed by atoms with E-state index in [2.05, 4.69) is 50.4 Å². The second kappa shape index (κ2) is 6.12. The van der Waals surface area contributed by atoms with Gasteiger partial charge in [0.25, 0.3) is 0 Å². The van der Waals surface area contributed by atoms with Crippen molar-refractivity contribution in [2.45, 2.75) is 83.2 Å². The van der Waals surface area contributed by atoms with Gasteiger partial charge in [-0.1, -0.05) is 64.3 Å². The Morgan fingerprint density at radius 2 is 1.95 bits per heavy atom. The van der Waals surface area contributed by atoms with E-state index in [9.17, 15) is 0 Å². The first kappa shape index (κ1) is 15.1. The third-order valence-corrected chi connectivity index (χ3v) is 5.92. The van der Waals surface area contributed by atoms with E-state index in [1.807, 2.05) is 0 Å². The van der Waals surface area contributed by atoms with Crippen LogP contribution in [0.2, 0.25) is 0 Å². The van der Waals surface area contributed by atoms with Gasteiger partial charge < -0.3 is 5.32 Å². The van der Waals surface area contributed by atoms with Gasteiger partial charge in [-0.05, 0) is 48.1 Å². The first-order valence-corrected chi connectivity index (χ1v) is 8.95. The van der Waals surface area contributed by atoms with Crippen LogP contribution in [0.1, 0.15) is 82.9 Å². The molecule has 1 heteroatoms. The minimum atomic E-state index is 0.341. The third-order valence-electron chi connectivity index (χ3n) is 5.92. The number of rotatable bonds is 3. The highest BCUT2D eigenvalue weighted by atomic mass is 15.0. The van der Waals surface area contributed by atoms with Gasteiger partial charge in [0.05, 0.1) is 0 Å². The summed E-state index contributed by atoms with van der Waals surface area (Å²) >= 11 is 0. The summed E-state index contributed by atoms with van der Waals surface area (Å²) in [6.07, 6.45) is 9.56. The van der Waals surface area contributed by atoms with Gasteiger partial charge in [0.15, 0.2) is 0 Å². The molecule has 0 aromatic heterocycles. The molecule has 1 aromatic carbocycles. The molecule has 1 fully saturated rings. The van der Waals surface area contributed by atoms with Crippen molar-refractivity contribution >= 4 is 0 Å². The molecule has 2 aliphatic carbocycles. The number of fused-ring (bicyclic) bond motifs is 1. The Labute approximate surface area is 130 Å². The van der Waals surface area contributed by atoms with Crippen molar-refractivity contribution in [3.8, 4) is 0 Å². The molecule has 1 aromatic rings. The van der Waals surface area contributed by atoms with E-state index in [1.54, 1.807) is 11.1 Å². The molecule has 3 atom stereocenters. The molecule has 3 rings (SSSR count). The zero-order chi connectivity index (χ0) is 14.9. The van der Waals surface area contributed by atoms with Crippen molar-refractivity contribution in [1.82, 2.24) is 5.32 Å². The van der Waals surface area contributed by atoms with E-state index in [0.29, 0.717) is 11.5 Å². The van der Waals surface area contributed by atoms with Crippen molar-refractivity contribution in [1.29, 1.82) is 0 Å². The first-order chi connectivity index (χ1) is 10.1. The summed E-state index contributed by atoms with van der Waals surface area (Å²) in [7, 11) is 0. The van der Waals surface area contributed by atoms with Crippen molar-refractivity contribution < 1.29 is 0 Å². The van der Waals surface area contributed by atoms with Gasteiger partial charge in [0.2, 0.25) is 0 Å². The topological polar surface area (TPSA) is 12.0 Å². The van der Waals surface area contributed by atoms with E-state index >= 15 is 0 Å². The lowest BCUT2D eigenvalue weighted by atomic mass is 9.70. The largest absolute Gasteiger partial charge is 0.307 e. The highest BCUT2D eigenvalue weighted by Gasteiger charge is 2.33. The fourth-order valence-corrected chi connectivity index (χ4v) is 4.48. The molecule has 0 bridgehead atoms. The predicted octanol–water partition coefficient (Wildman–Crippen LogP) is 5.36. The minimum Gasteiger partial charge on any atom is -0.307 e. The Hall–Kier alpha value is -0.820. The normalized spacial score (nSPS) is 31.7. The summed E-state index contributed by atoms with van der Waals surface area (Å²) in [5.74, 6) is 0.950. The maximum atomic E-state index is 4.02. The molecule has 0 heterocycles. The lowest BCUT2D eigenvalue weighted by Gasteiger charge is -2.40. The molecule has 0 aliphatic heterocycles. The zero-order valence-electron chi connectivity index (χ0n) is 14.0. The molecule has 0 saturated heterocycles. The summed E-state index contributed by atoms with van der Waals surface area (Å²) in [5.41, 5.74) is 3.47. The number of hydrogen-bond acceptors (Lipinski definition) is 1. The smallest absolute Gasteiger partial charge is 0.0325 e. The van der Waals surface area contributed by atoms with Crippen LogP contribution < -0.4 is 5.32 Å². The molecule has 1 nitrogen and oxygen atoms in total. The van der Waals surface area contributed by atoms with E-state index in [-0.39, 0.29) is 0 Å². The van der Waals surface area contributed by atoms with Crippen molar-refractivity contribution in [2.24, 2.45) is 5.92 Å². The van der Waals surface area contributed by atoms with Crippen LogP contribution in [0.15, 0.2) is 24.3 Å². The van der Waals surface area contributed by atoms with E-state index in [0.717, 1.165) is 12.0 Å². The van der Waals surface area contributed by atoms with Crippen LogP contribution in [-0.4, -0.2) is 6.04 Å². The van der Waals surface area contributed by atoms with Crippen LogP contribution >= 0.6 is 0 Å². The van der Waals surface area contributed by atoms with Crippen molar-refractivity contribution in [3.05, 3.63) is 35.4 Å². The monoisotopic (exact) mass is 285 g/mol. The standard InChI is InChI=1S/C20H31N/c1-4-15-8-7-9-16(14-15)21-19-12-13-20(2,3)18-11-6-5-10-17(18)19/h5-6,10-11,15-16,19,21H,4,7-9,12-14H2,1-3H3. The van der Waals surface area contributed by atoms with Crippen LogP contribution in [0.5, 0.6) is 0 Å². The van der Waals surface area contributed by atoms with Crippen LogP contribution in [-0.2, 0) is 5.41 Å². The molecule has 21 heavy (non-hydrogen) atoms. The Morgan fingerprint density at radius 3 is 2.76 bits per heavy atom. The first-order valence-electron chi connectivity index (χ1n) is 8.95. The summed E-state index contributed by atoms with van der Waals surface area (Å²) in [6, 6.07) is 10.4. The van der Waals surface area contributed by atoms with Gasteiger partial charge in [-0.15, -0.1) is 0 Å². The summed E-state index contributed by atoms with van der Waals surface area (Å²) in [6.45, 7) is 7.15. The lowest BCUT2D eigenvalue weighted by molar-refractivity contribution is 0.245. The maximum absolute atomic E-state index is 4.02. The molecule has 3 unspecified atom stereocenters. The van der Waals surface area contributed by atoms with E-state index in [4.69, 9.17) is 0 Å². The zero-order valence-corrected chi connectivity index (χ0v) is 14.0.